The molecule has 18 heavy (non-hydrogen) atoms. The molecule has 1 aromatic rings. The van der Waals surface area contributed by atoms with E-state index in [0.29, 0.717) is 12.3 Å². The maximum Gasteiger partial charge on any atom is 0.226 e. The Morgan fingerprint density at radius 1 is 1.50 bits per heavy atom. The minimum Gasteiger partial charge on any atom is -0.342 e. The molecule has 2 rings (SSSR count). The van der Waals surface area contributed by atoms with Crippen molar-refractivity contribution in [2.24, 2.45) is 11.7 Å². The van der Waals surface area contributed by atoms with Crippen LogP contribution in [0.4, 0.5) is 0 Å². The van der Waals surface area contributed by atoms with Gasteiger partial charge in [0, 0.05) is 17.6 Å². The van der Waals surface area contributed by atoms with Crippen LogP contribution < -0.4 is 5.73 Å². The smallest absolute Gasteiger partial charge is 0.226 e. The van der Waals surface area contributed by atoms with E-state index < -0.39 is 0 Å². The molecule has 2 N–H and O–H groups in total. The van der Waals surface area contributed by atoms with E-state index in [-0.39, 0.29) is 5.91 Å². The highest BCUT2D eigenvalue weighted by Gasteiger charge is 2.25. The van der Waals surface area contributed by atoms with Crippen molar-refractivity contribution in [1.82, 2.24) is 4.90 Å². The van der Waals surface area contributed by atoms with Crippen molar-refractivity contribution in [1.29, 1.82) is 0 Å². The third kappa shape index (κ3) is 3.56. The van der Waals surface area contributed by atoms with Crippen molar-refractivity contribution < 1.29 is 4.79 Å². The molecule has 1 aliphatic heterocycles. The fraction of sp³-hybridized carbons (Fsp3) is 0.500. The minimum absolute atomic E-state index is 0.229. The van der Waals surface area contributed by atoms with Crippen molar-refractivity contribution in [3.8, 4) is 0 Å². The van der Waals surface area contributed by atoms with Crippen LogP contribution in [0, 0.1) is 5.92 Å². The number of nitrogens with zero attached hydrogens (tertiary/aromatic N) is 1. The quantitative estimate of drug-likeness (QED) is 0.926. The van der Waals surface area contributed by atoms with Crippen LogP contribution in [0.3, 0.4) is 0 Å². The van der Waals surface area contributed by atoms with Crippen molar-refractivity contribution in [2.75, 3.05) is 19.6 Å². The first-order valence-corrected chi connectivity index (χ1v) is 7.20. The fourth-order valence-electron chi connectivity index (χ4n) is 2.46. The predicted octanol–water partition coefficient (Wildman–Crippen LogP) is 2.19. The van der Waals surface area contributed by atoms with Gasteiger partial charge >= 0.3 is 0 Å². The zero-order valence-electron chi connectivity index (χ0n) is 10.4. The van der Waals surface area contributed by atoms with Gasteiger partial charge < -0.3 is 10.6 Å². The van der Waals surface area contributed by atoms with Crippen LogP contribution in [0.15, 0.2) is 28.7 Å². The summed E-state index contributed by atoms with van der Waals surface area (Å²) in [6.45, 7) is 2.49. The second-order valence-electron chi connectivity index (χ2n) is 4.88. The van der Waals surface area contributed by atoms with Gasteiger partial charge in [-0.25, -0.2) is 0 Å². The molecule has 0 spiro atoms. The third-order valence-corrected chi connectivity index (χ3v) is 3.95. The van der Waals surface area contributed by atoms with Crippen molar-refractivity contribution in [3.05, 3.63) is 34.3 Å². The van der Waals surface area contributed by atoms with Gasteiger partial charge in [-0.05, 0) is 43.0 Å². The number of carbonyl (C=O) groups excluding carboxylic acids is 1. The molecule has 0 aromatic heterocycles. The van der Waals surface area contributed by atoms with Gasteiger partial charge in [0.05, 0.1) is 6.42 Å². The van der Waals surface area contributed by atoms with Gasteiger partial charge in [-0.3, -0.25) is 4.79 Å². The Morgan fingerprint density at radius 2 is 2.33 bits per heavy atom. The van der Waals surface area contributed by atoms with Gasteiger partial charge in [-0.15, -0.1) is 0 Å². The average Bonchev–Trinajstić information content (AvgIpc) is 2.78. The summed E-state index contributed by atoms with van der Waals surface area (Å²) in [4.78, 5) is 14.1. The number of likely N-dealkylation sites (tertiary alicyclic amines) is 1. The largest absolute Gasteiger partial charge is 0.342 e. The second-order valence-corrected chi connectivity index (χ2v) is 5.79. The first-order chi connectivity index (χ1) is 8.69. The Labute approximate surface area is 116 Å². The van der Waals surface area contributed by atoms with Gasteiger partial charge in [0.25, 0.3) is 0 Å². The second kappa shape index (κ2) is 6.34. The molecule has 4 heteroatoms. The van der Waals surface area contributed by atoms with Crippen LogP contribution in [-0.2, 0) is 11.2 Å². The number of nitrogens with two attached hydrogens (primary N) is 1. The van der Waals surface area contributed by atoms with Crippen LogP contribution in [0.25, 0.3) is 0 Å². The molecular formula is C14H19BrN2O. The summed E-state index contributed by atoms with van der Waals surface area (Å²) in [6.07, 6.45) is 2.62. The molecule has 1 aliphatic rings. The van der Waals surface area contributed by atoms with E-state index in [4.69, 9.17) is 5.73 Å². The third-order valence-electron chi connectivity index (χ3n) is 3.46. The first kappa shape index (κ1) is 13.6. The Kier molecular flexibility index (Phi) is 4.78. The SMILES string of the molecule is NCCC1CCN(C(=O)Cc2cccc(Br)c2)C1. The standard InChI is InChI=1S/C14H19BrN2O/c15-13-3-1-2-12(8-13)9-14(18)17-7-5-11(10-17)4-6-16/h1-3,8,11H,4-7,9-10,16H2. The highest BCUT2D eigenvalue weighted by molar-refractivity contribution is 9.10. The molecule has 3 nitrogen and oxygen atoms in total. The molecule has 1 amide bonds. The van der Waals surface area contributed by atoms with Crippen molar-refractivity contribution >= 4 is 21.8 Å². The molecular weight excluding hydrogens is 292 g/mol. The number of rotatable bonds is 4. The molecule has 98 valence electrons. The highest BCUT2D eigenvalue weighted by Crippen LogP contribution is 2.20. The summed E-state index contributed by atoms with van der Waals surface area (Å²) in [5.41, 5.74) is 6.63. The lowest BCUT2D eigenvalue weighted by molar-refractivity contribution is -0.129. The number of halogens is 1. The van der Waals surface area contributed by atoms with Gasteiger partial charge in [0.2, 0.25) is 5.91 Å². The molecule has 1 fully saturated rings. The number of carbonyl (C=O) groups is 1. The monoisotopic (exact) mass is 310 g/mol. The molecule has 1 atom stereocenters. The molecule has 1 heterocycles. The number of benzene rings is 1. The lowest BCUT2D eigenvalue weighted by atomic mass is 10.1. The van der Waals surface area contributed by atoms with E-state index in [1.54, 1.807) is 0 Å². The van der Waals surface area contributed by atoms with Crippen LogP contribution in [0.5, 0.6) is 0 Å². The fourth-order valence-corrected chi connectivity index (χ4v) is 2.91. The van der Waals surface area contributed by atoms with Gasteiger partial charge in [0.15, 0.2) is 0 Å². The lowest BCUT2D eigenvalue weighted by Crippen LogP contribution is -2.30. The first-order valence-electron chi connectivity index (χ1n) is 6.41. The Hall–Kier alpha value is -0.870. The van der Waals surface area contributed by atoms with Crippen LogP contribution in [-0.4, -0.2) is 30.4 Å². The van der Waals surface area contributed by atoms with Crippen molar-refractivity contribution in [2.45, 2.75) is 19.3 Å². The molecule has 1 aromatic carbocycles. The number of hydrogen-bond acceptors (Lipinski definition) is 2. The molecule has 0 radical (unpaired) electrons. The van der Waals surface area contributed by atoms with E-state index in [1.165, 1.54) is 0 Å². The summed E-state index contributed by atoms with van der Waals surface area (Å²) in [6, 6.07) is 7.94. The van der Waals surface area contributed by atoms with E-state index >= 15 is 0 Å². The predicted molar refractivity (Wildman–Crippen MR) is 76.2 cm³/mol. The zero-order valence-corrected chi connectivity index (χ0v) is 12.0. The summed E-state index contributed by atoms with van der Waals surface area (Å²) in [5, 5.41) is 0. The summed E-state index contributed by atoms with van der Waals surface area (Å²) >= 11 is 3.43. The Morgan fingerprint density at radius 3 is 3.06 bits per heavy atom. The van der Waals surface area contributed by atoms with E-state index in [2.05, 4.69) is 15.9 Å². The lowest BCUT2D eigenvalue weighted by Gasteiger charge is -2.16. The molecule has 0 aliphatic carbocycles. The number of hydrogen-bond donors (Lipinski definition) is 1. The summed E-state index contributed by atoms with van der Waals surface area (Å²) in [7, 11) is 0. The Bertz CT molecular complexity index is 422. The van der Waals surface area contributed by atoms with E-state index in [1.807, 2.05) is 29.2 Å². The molecule has 0 saturated carbocycles. The Balaban J connectivity index is 1.89. The number of amides is 1. The highest BCUT2D eigenvalue weighted by atomic mass is 79.9. The van der Waals surface area contributed by atoms with Crippen LogP contribution in [0.2, 0.25) is 0 Å². The zero-order chi connectivity index (χ0) is 13.0. The minimum atomic E-state index is 0.229. The summed E-state index contributed by atoms with van der Waals surface area (Å²) < 4.78 is 1.02. The summed E-state index contributed by atoms with van der Waals surface area (Å²) in [5.74, 6) is 0.828. The van der Waals surface area contributed by atoms with Crippen LogP contribution in [0.1, 0.15) is 18.4 Å². The van der Waals surface area contributed by atoms with Gasteiger partial charge in [-0.1, -0.05) is 28.1 Å². The van der Waals surface area contributed by atoms with Crippen LogP contribution >= 0.6 is 15.9 Å². The van der Waals surface area contributed by atoms with Gasteiger partial charge in [0.1, 0.15) is 0 Å². The molecule has 0 bridgehead atoms. The van der Waals surface area contributed by atoms with E-state index in [0.717, 1.165) is 42.5 Å². The van der Waals surface area contributed by atoms with E-state index in [9.17, 15) is 4.79 Å². The maximum absolute atomic E-state index is 12.2. The maximum atomic E-state index is 12.2. The van der Waals surface area contributed by atoms with Crippen molar-refractivity contribution in [3.63, 3.8) is 0 Å². The van der Waals surface area contributed by atoms with Gasteiger partial charge in [-0.2, -0.15) is 0 Å². The topological polar surface area (TPSA) is 46.3 Å². The average molecular weight is 311 g/mol. The molecule has 1 unspecified atom stereocenters. The molecule has 1 saturated heterocycles. The normalized spacial score (nSPS) is 19.2.